The fourth-order valence-corrected chi connectivity index (χ4v) is 7.76. The molecule has 0 atom stereocenters. The van der Waals surface area contributed by atoms with E-state index in [0.717, 1.165) is 55.1 Å². The van der Waals surface area contributed by atoms with Gasteiger partial charge in [0.1, 0.15) is 5.65 Å². The Morgan fingerprint density at radius 2 is 0.940 bits per heavy atom. The highest BCUT2D eigenvalue weighted by atomic mass is 15.2. The van der Waals surface area contributed by atoms with Crippen LogP contribution in [0, 0.1) is 0 Å². The van der Waals surface area contributed by atoms with Crippen LogP contribution in [0.5, 0.6) is 0 Å². The molecule has 0 amide bonds. The van der Waals surface area contributed by atoms with E-state index in [1.165, 1.54) is 27.2 Å². The largest absolute Gasteiger partial charge is 0.293 e. The molecule has 6 heteroatoms. The van der Waals surface area contributed by atoms with Crippen molar-refractivity contribution in [3.63, 3.8) is 0 Å². The minimum Gasteiger partial charge on any atom is -0.293 e. The number of rotatable bonds is 4. The van der Waals surface area contributed by atoms with E-state index in [2.05, 4.69) is 124 Å². The smallest absolute Gasteiger partial charge is 0.238 e. The van der Waals surface area contributed by atoms with Crippen molar-refractivity contribution in [1.29, 1.82) is 0 Å². The van der Waals surface area contributed by atoms with Crippen molar-refractivity contribution in [1.82, 2.24) is 28.9 Å². The fraction of sp³-hybridized carbons (Fsp3) is 0. The number of aromatic nitrogens is 6. The molecule has 0 unspecified atom stereocenters. The summed E-state index contributed by atoms with van der Waals surface area (Å²) < 4.78 is 4.46. The lowest BCUT2D eigenvalue weighted by Crippen LogP contribution is -2.06. The van der Waals surface area contributed by atoms with E-state index in [4.69, 9.17) is 19.9 Å². The van der Waals surface area contributed by atoms with Crippen LogP contribution in [-0.4, -0.2) is 28.9 Å². The maximum absolute atomic E-state index is 5.19. The van der Waals surface area contributed by atoms with Gasteiger partial charge in [-0.2, -0.15) is 9.97 Å². The lowest BCUT2D eigenvalue weighted by Gasteiger charge is -2.12. The number of nitrogens with zero attached hydrogens (tertiary/aromatic N) is 6. The summed E-state index contributed by atoms with van der Waals surface area (Å²) in [6.07, 6.45) is 1.88. The Hall–Kier alpha value is -6.92. The second-order valence-electron chi connectivity index (χ2n) is 12.7. The van der Waals surface area contributed by atoms with Crippen molar-refractivity contribution in [2.75, 3.05) is 0 Å². The number of fused-ring (bicyclic) bond motifs is 9. The molecule has 0 bridgehead atoms. The van der Waals surface area contributed by atoms with Gasteiger partial charge in [-0.25, -0.2) is 9.97 Å². The summed E-state index contributed by atoms with van der Waals surface area (Å²) in [6.45, 7) is 0. The molecule has 232 valence electrons. The Morgan fingerprint density at radius 1 is 0.380 bits per heavy atom. The number of hydrogen-bond donors (Lipinski definition) is 0. The molecule has 0 aliphatic rings. The van der Waals surface area contributed by atoms with Crippen molar-refractivity contribution in [2.45, 2.75) is 0 Å². The summed E-state index contributed by atoms with van der Waals surface area (Å²) in [5.74, 6) is 1.84. The van der Waals surface area contributed by atoms with Crippen molar-refractivity contribution < 1.29 is 0 Å². The lowest BCUT2D eigenvalue weighted by molar-refractivity contribution is 0.953. The summed E-state index contributed by atoms with van der Waals surface area (Å²) in [6, 6.07) is 53.0. The topological polar surface area (TPSA) is 60.9 Å². The SMILES string of the molecule is c1ccc(-c2nc(-c3cccc(-c4cc5c6ccccc6n6c7ncccc7c(c4)c56)c3)nc(-n3c4ccccc4c4ccccc43)n2)cc1. The first-order valence-electron chi connectivity index (χ1n) is 16.7. The first-order chi connectivity index (χ1) is 24.8. The molecule has 11 aromatic rings. The molecule has 5 heterocycles. The Bertz CT molecular complexity index is 2960. The molecule has 0 N–H and O–H groups in total. The van der Waals surface area contributed by atoms with E-state index in [-0.39, 0.29) is 0 Å². The van der Waals surface area contributed by atoms with Crippen LogP contribution in [0.2, 0.25) is 0 Å². The minimum atomic E-state index is 0.586. The predicted octanol–water partition coefficient (Wildman–Crippen LogP) is 10.5. The van der Waals surface area contributed by atoms with E-state index >= 15 is 0 Å². The molecule has 0 saturated carbocycles. The summed E-state index contributed by atoms with van der Waals surface area (Å²) >= 11 is 0. The first-order valence-corrected chi connectivity index (χ1v) is 16.7. The van der Waals surface area contributed by atoms with E-state index in [0.29, 0.717) is 17.6 Å². The number of benzene rings is 6. The van der Waals surface area contributed by atoms with Crippen LogP contribution in [0.4, 0.5) is 0 Å². The molecule has 0 aliphatic carbocycles. The molecule has 0 aliphatic heterocycles. The minimum absolute atomic E-state index is 0.586. The van der Waals surface area contributed by atoms with E-state index in [1.54, 1.807) is 0 Å². The van der Waals surface area contributed by atoms with Crippen LogP contribution in [0.3, 0.4) is 0 Å². The molecular weight excluding hydrogens is 613 g/mol. The summed E-state index contributed by atoms with van der Waals surface area (Å²) in [4.78, 5) is 20.2. The Morgan fingerprint density at radius 3 is 1.68 bits per heavy atom. The van der Waals surface area contributed by atoms with Gasteiger partial charge >= 0.3 is 0 Å². The third kappa shape index (κ3) is 3.84. The molecule has 5 aromatic heterocycles. The molecule has 50 heavy (non-hydrogen) atoms. The average molecular weight is 639 g/mol. The Kier molecular flexibility index (Phi) is 5.57. The fourth-order valence-electron chi connectivity index (χ4n) is 7.76. The van der Waals surface area contributed by atoms with Crippen LogP contribution in [0.25, 0.3) is 99.9 Å². The summed E-state index contributed by atoms with van der Waals surface area (Å²) in [7, 11) is 0. The molecule has 0 fully saturated rings. The molecule has 6 aromatic carbocycles. The highest BCUT2D eigenvalue weighted by Gasteiger charge is 2.21. The first kappa shape index (κ1) is 27.1. The van der Waals surface area contributed by atoms with Crippen LogP contribution in [0.1, 0.15) is 0 Å². The average Bonchev–Trinajstić information content (AvgIpc) is 3.83. The van der Waals surface area contributed by atoms with Gasteiger partial charge in [-0.05, 0) is 59.7 Å². The van der Waals surface area contributed by atoms with E-state index < -0.39 is 0 Å². The Balaban J connectivity index is 1.14. The second-order valence-corrected chi connectivity index (χ2v) is 12.7. The highest BCUT2D eigenvalue weighted by molar-refractivity contribution is 6.23. The molecule has 6 nitrogen and oxygen atoms in total. The van der Waals surface area contributed by atoms with Crippen molar-refractivity contribution in [3.8, 4) is 39.9 Å². The zero-order valence-electron chi connectivity index (χ0n) is 26.7. The number of pyridine rings is 1. The quantitative estimate of drug-likeness (QED) is 0.192. The zero-order chi connectivity index (χ0) is 32.8. The van der Waals surface area contributed by atoms with E-state index in [1.807, 2.05) is 42.6 Å². The lowest BCUT2D eigenvalue weighted by atomic mass is 9.98. The maximum Gasteiger partial charge on any atom is 0.238 e. The highest BCUT2D eigenvalue weighted by Crippen LogP contribution is 2.41. The van der Waals surface area contributed by atoms with Gasteiger partial charge in [-0.1, -0.05) is 103 Å². The van der Waals surface area contributed by atoms with E-state index in [9.17, 15) is 0 Å². The maximum atomic E-state index is 5.19. The molecule has 0 radical (unpaired) electrons. The van der Waals surface area contributed by atoms with Gasteiger partial charge in [0.05, 0.1) is 22.1 Å². The van der Waals surface area contributed by atoms with Crippen LogP contribution in [0.15, 0.2) is 158 Å². The van der Waals surface area contributed by atoms with Gasteiger partial charge in [0, 0.05) is 49.6 Å². The second kappa shape index (κ2) is 10.3. The molecular formula is C44H26N6. The number of hydrogen-bond acceptors (Lipinski definition) is 4. The van der Waals surface area contributed by atoms with Crippen molar-refractivity contribution in [2.24, 2.45) is 0 Å². The number of para-hydroxylation sites is 3. The van der Waals surface area contributed by atoms with Gasteiger partial charge in [0.25, 0.3) is 0 Å². The van der Waals surface area contributed by atoms with Crippen molar-refractivity contribution >= 4 is 60.0 Å². The molecule has 0 spiro atoms. The molecule has 11 rings (SSSR count). The molecule has 0 saturated heterocycles. The van der Waals surface area contributed by atoms with Gasteiger partial charge in [0.2, 0.25) is 5.95 Å². The van der Waals surface area contributed by atoms with Gasteiger partial charge in [-0.15, -0.1) is 0 Å². The van der Waals surface area contributed by atoms with Gasteiger partial charge < -0.3 is 0 Å². The van der Waals surface area contributed by atoms with Gasteiger partial charge in [-0.3, -0.25) is 8.97 Å². The van der Waals surface area contributed by atoms with Crippen LogP contribution >= 0.6 is 0 Å². The van der Waals surface area contributed by atoms with Crippen molar-refractivity contribution in [3.05, 3.63) is 158 Å². The summed E-state index contributed by atoms with van der Waals surface area (Å²) in [5.41, 5.74) is 9.55. The van der Waals surface area contributed by atoms with Crippen LogP contribution in [-0.2, 0) is 0 Å². The zero-order valence-corrected chi connectivity index (χ0v) is 26.7. The van der Waals surface area contributed by atoms with Gasteiger partial charge in [0.15, 0.2) is 11.6 Å². The third-order valence-electron chi connectivity index (χ3n) is 9.95. The monoisotopic (exact) mass is 638 g/mol. The van der Waals surface area contributed by atoms with Crippen LogP contribution < -0.4 is 0 Å². The summed E-state index contributed by atoms with van der Waals surface area (Å²) in [5, 5.41) is 7.11. The normalized spacial score (nSPS) is 12.0. The third-order valence-corrected chi connectivity index (χ3v) is 9.95. The Labute approximate surface area is 285 Å². The predicted molar refractivity (Wildman–Crippen MR) is 203 cm³/mol. The standard InChI is InChI=1S/C44H26N6/c1-2-12-27(13-3-1)41-46-42(48-44(47-41)49-37-20-7-4-16-31(37)32-17-5-8-21-38(32)49)29-15-10-14-28(24-29)30-25-35-33-18-6-9-22-39(33)50-40(35)36(26-30)34-19-11-23-45-43(34)50/h1-26H.